The van der Waals surface area contributed by atoms with Crippen molar-refractivity contribution in [2.75, 3.05) is 7.11 Å². The van der Waals surface area contributed by atoms with Crippen LogP contribution in [0.1, 0.15) is 66.1 Å². The van der Waals surface area contributed by atoms with Crippen molar-refractivity contribution >= 4 is 5.96 Å². The minimum absolute atomic E-state index is 0.0122. The zero-order valence-corrected chi connectivity index (χ0v) is 24.3. The first-order chi connectivity index (χ1) is 20.8. The summed E-state index contributed by atoms with van der Waals surface area (Å²) in [5, 5.41) is 11.6. The van der Waals surface area contributed by atoms with Gasteiger partial charge in [-0.15, -0.1) is 0 Å². The number of hydrogen-bond acceptors (Lipinski definition) is 5. The number of halogens is 9. The lowest BCUT2D eigenvalue weighted by Gasteiger charge is -2.31. The summed E-state index contributed by atoms with van der Waals surface area (Å²) in [6, 6.07) is 6.91. The van der Waals surface area contributed by atoms with E-state index in [1.807, 2.05) is 13.8 Å². The van der Waals surface area contributed by atoms with Gasteiger partial charge in [0.1, 0.15) is 5.75 Å². The summed E-state index contributed by atoms with van der Waals surface area (Å²) < 4.78 is 130. The van der Waals surface area contributed by atoms with E-state index in [0.717, 1.165) is 17.7 Å². The molecule has 240 valence electrons. The van der Waals surface area contributed by atoms with Gasteiger partial charge in [-0.05, 0) is 77.6 Å². The van der Waals surface area contributed by atoms with Crippen molar-refractivity contribution in [1.29, 1.82) is 5.26 Å². The molecular formula is C31H27F9N4O. The van der Waals surface area contributed by atoms with Crippen LogP contribution in [0.2, 0.25) is 0 Å². The topological polar surface area (TPSA) is 60.6 Å². The first kappa shape index (κ1) is 33.5. The molecule has 3 aromatic carbocycles. The van der Waals surface area contributed by atoms with Gasteiger partial charge in [-0.1, -0.05) is 26.0 Å². The van der Waals surface area contributed by atoms with Crippen molar-refractivity contribution in [2.24, 2.45) is 4.99 Å². The molecule has 2 atom stereocenters. The van der Waals surface area contributed by atoms with Crippen LogP contribution in [0.5, 0.6) is 5.75 Å². The Morgan fingerprint density at radius 3 is 1.96 bits per heavy atom. The van der Waals surface area contributed by atoms with E-state index in [0.29, 0.717) is 23.4 Å². The van der Waals surface area contributed by atoms with Crippen LogP contribution in [0.3, 0.4) is 0 Å². The van der Waals surface area contributed by atoms with Gasteiger partial charge >= 0.3 is 18.5 Å². The lowest BCUT2D eigenvalue weighted by atomic mass is 9.91. The number of hydrogen-bond donors (Lipinski definition) is 1. The molecule has 1 heterocycles. The predicted molar refractivity (Wildman–Crippen MR) is 148 cm³/mol. The van der Waals surface area contributed by atoms with E-state index in [1.54, 1.807) is 24.4 Å². The monoisotopic (exact) mass is 642 g/mol. The van der Waals surface area contributed by atoms with Crippen LogP contribution in [0.15, 0.2) is 59.6 Å². The number of aliphatic imine (C=N–C) groups is 1. The molecule has 0 radical (unpaired) electrons. The van der Waals surface area contributed by atoms with Gasteiger partial charge < -0.3 is 9.64 Å². The van der Waals surface area contributed by atoms with Gasteiger partial charge in [0.2, 0.25) is 5.96 Å². The molecule has 0 spiro atoms. The molecule has 5 nitrogen and oxygen atoms in total. The summed E-state index contributed by atoms with van der Waals surface area (Å²) in [5.74, 6) is 0.120. The molecule has 3 aromatic rings. The van der Waals surface area contributed by atoms with Gasteiger partial charge in [-0.25, -0.2) is 4.99 Å². The number of ether oxygens (including phenoxy) is 1. The quantitative estimate of drug-likeness (QED) is 0.166. The number of guanidine groups is 1. The van der Waals surface area contributed by atoms with Gasteiger partial charge in [-0.3, -0.25) is 5.32 Å². The van der Waals surface area contributed by atoms with E-state index < -0.39 is 59.4 Å². The average Bonchev–Trinajstić information content (AvgIpc) is 3.25. The van der Waals surface area contributed by atoms with Crippen molar-refractivity contribution in [3.05, 3.63) is 88.0 Å². The second kappa shape index (κ2) is 12.2. The molecule has 1 N–H and O–H groups in total. The molecule has 0 bridgehead atoms. The van der Waals surface area contributed by atoms with Crippen LogP contribution in [0.4, 0.5) is 39.5 Å². The van der Waals surface area contributed by atoms with E-state index in [2.05, 4.69) is 10.3 Å². The van der Waals surface area contributed by atoms with Crippen LogP contribution < -0.4 is 10.1 Å². The molecule has 14 heteroatoms. The molecule has 2 unspecified atom stereocenters. The van der Waals surface area contributed by atoms with Crippen molar-refractivity contribution in [3.63, 3.8) is 0 Å². The molecule has 0 fully saturated rings. The molecule has 1 aliphatic heterocycles. The van der Waals surface area contributed by atoms with Crippen molar-refractivity contribution in [2.45, 2.75) is 63.8 Å². The van der Waals surface area contributed by atoms with E-state index >= 15 is 0 Å². The summed E-state index contributed by atoms with van der Waals surface area (Å²) in [7, 11) is 1.38. The van der Waals surface area contributed by atoms with Crippen LogP contribution in [0.25, 0.3) is 11.1 Å². The highest BCUT2D eigenvalue weighted by molar-refractivity contribution is 5.84. The predicted octanol–water partition coefficient (Wildman–Crippen LogP) is 8.91. The van der Waals surface area contributed by atoms with Crippen molar-refractivity contribution in [3.8, 4) is 23.1 Å². The highest BCUT2D eigenvalue weighted by Gasteiger charge is 2.41. The molecular weight excluding hydrogens is 615 g/mol. The number of benzene rings is 3. The van der Waals surface area contributed by atoms with Gasteiger partial charge in [0.25, 0.3) is 0 Å². The average molecular weight is 643 g/mol. The zero-order valence-electron chi connectivity index (χ0n) is 24.3. The third-order valence-corrected chi connectivity index (χ3v) is 7.46. The summed E-state index contributed by atoms with van der Waals surface area (Å²) in [6.45, 7) is 4.76. The molecule has 4 rings (SSSR count). The Bertz CT molecular complexity index is 1600. The molecule has 0 amide bonds. The van der Waals surface area contributed by atoms with Crippen LogP contribution in [-0.4, -0.2) is 24.0 Å². The molecule has 45 heavy (non-hydrogen) atoms. The second-order valence-corrected chi connectivity index (χ2v) is 10.8. The maximum absolute atomic E-state index is 13.9. The van der Waals surface area contributed by atoms with E-state index in [-0.39, 0.29) is 29.1 Å². The van der Waals surface area contributed by atoms with Gasteiger partial charge in [0.15, 0.2) is 6.19 Å². The van der Waals surface area contributed by atoms with Gasteiger partial charge in [0.05, 0.1) is 35.9 Å². The minimum atomic E-state index is -5.14. The lowest BCUT2D eigenvalue weighted by Crippen LogP contribution is -2.38. The third kappa shape index (κ3) is 7.13. The standard InChI is InChI=1S/C31H27F9N4O/c1-16(2)18-5-8-26(45-4)25(12-18)24-7-6-21(29(32,33)34)11-20(24)14-44-27(17(3)43-28(44)42-15-41)19-9-22(30(35,36)37)13-23(10-19)31(38,39)40/h5-13,16-17,27H,14H2,1-4H3,(H,42,43). The lowest BCUT2D eigenvalue weighted by molar-refractivity contribution is -0.143. The number of alkyl halides is 9. The molecule has 0 saturated heterocycles. The SMILES string of the molecule is COc1ccc(C(C)C)cc1-c1ccc(C(F)(F)F)cc1CN1C(NC#N)=NC(C)C1c1cc(C(F)(F)F)cc(C(F)(F)F)c1. The Labute approximate surface area is 252 Å². The van der Waals surface area contributed by atoms with Crippen LogP contribution in [0, 0.1) is 11.5 Å². The Hall–Kier alpha value is -4.41. The van der Waals surface area contributed by atoms with E-state index in [9.17, 15) is 44.8 Å². The Balaban J connectivity index is 1.95. The smallest absolute Gasteiger partial charge is 0.416 e. The largest absolute Gasteiger partial charge is 0.496 e. The maximum Gasteiger partial charge on any atom is 0.416 e. The van der Waals surface area contributed by atoms with Gasteiger partial charge in [-0.2, -0.15) is 44.8 Å². The molecule has 0 aromatic heterocycles. The minimum Gasteiger partial charge on any atom is -0.496 e. The third-order valence-electron chi connectivity index (χ3n) is 7.46. The molecule has 0 aliphatic carbocycles. The summed E-state index contributed by atoms with van der Waals surface area (Å²) in [4.78, 5) is 5.44. The summed E-state index contributed by atoms with van der Waals surface area (Å²) in [5.41, 5.74) is -3.05. The number of methoxy groups -OCH3 is 1. The van der Waals surface area contributed by atoms with E-state index in [4.69, 9.17) is 4.74 Å². The number of nitrogens with one attached hydrogen (secondary N) is 1. The first-order valence-corrected chi connectivity index (χ1v) is 13.5. The highest BCUT2D eigenvalue weighted by Crippen LogP contribution is 2.43. The maximum atomic E-state index is 13.9. The normalized spacial score (nSPS) is 17.4. The van der Waals surface area contributed by atoms with Crippen molar-refractivity contribution < 1.29 is 44.3 Å². The van der Waals surface area contributed by atoms with Crippen molar-refractivity contribution in [1.82, 2.24) is 10.2 Å². The fourth-order valence-corrected chi connectivity index (χ4v) is 5.31. The highest BCUT2D eigenvalue weighted by atomic mass is 19.4. The Kier molecular flexibility index (Phi) is 9.06. The van der Waals surface area contributed by atoms with E-state index in [1.165, 1.54) is 25.0 Å². The summed E-state index contributed by atoms with van der Waals surface area (Å²) >= 11 is 0. The van der Waals surface area contributed by atoms with Crippen LogP contribution in [-0.2, 0) is 25.1 Å². The molecule has 1 aliphatic rings. The Morgan fingerprint density at radius 1 is 0.844 bits per heavy atom. The fourth-order valence-electron chi connectivity index (χ4n) is 5.31. The number of nitriles is 1. The van der Waals surface area contributed by atoms with Gasteiger partial charge in [0, 0.05) is 12.1 Å². The second-order valence-electron chi connectivity index (χ2n) is 10.8. The fraction of sp³-hybridized carbons (Fsp3) is 0.355. The summed E-state index contributed by atoms with van der Waals surface area (Å²) in [6.07, 6.45) is -13.4. The molecule has 0 saturated carbocycles. The number of nitrogens with zero attached hydrogens (tertiary/aromatic N) is 3. The van der Waals surface area contributed by atoms with Crippen LogP contribution >= 0.6 is 0 Å². The number of rotatable bonds is 6. The zero-order chi connectivity index (χ0) is 33.5. The Morgan fingerprint density at radius 2 is 1.44 bits per heavy atom. The first-order valence-electron chi connectivity index (χ1n) is 13.5.